The first-order valence-corrected chi connectivity index (χ1v) is 11.7. The van der Waals surface area contributed by atoms with Crippen LogP contribution in [0.5, 0.6) is 0 Å². The Balaban J connectivity index is 1.48. The first kappa shape index (κ1) is 26.1. The predicted molar refractivity (Wildman–Crippen MR) is 131 cm³/mol. The van der Waals surface area contributed by atoms with Crippen molar-refractivity contribution in [2.24, 2.45) is 0 Å². The second-order valence-corrected chi connectivity index (χ2v) is 8.36. The minimum Gasteiger partial charge on any atom is -0.454 e. The number of alkyl halides is 3. The molecule has 9 nitrogen and oxygen atoms in total. The number of carbonyl (C=O) groups excluding carboxylic acids is 1. The van der Waals surface area contributed by atoms with Gasteiger partial charge in [-0.2, -0.15) is 18.2 Å². The molecule has 1 amide bonds. The number of aromatic nitrogens is 4. The molecule has 0 aliphatic rings. The number of hydrogen-bond donors (Lipinski definition) is 2. The summed E-state index contributed by atoms with van der Waals surface area (Å²) in [4.78, 5) is 25.5. The number of rotatable bonds is 10. The lowest BCUT2D eigenvalue weighted by Gasteiger charge is -2.12. The van der Waals surface area contributed by atoms with Crippen LogP contribution in [0.4, 0.5) is 19.0 Å². The number of hydrogen-bond acceptors (Lipinski definition) is 7. The average Bonchev–Trinajstić information content (AvgIpc) is 3.51. The fraction of sp³-hybridized carbons (Fsp3) is 0.360. The average molecular weight is 517 g/mol. The van der Waals surface area contributed by atoms with Crippen molar-refractivity contribution < 1.29 is 27.1 Å². The smallest absolute Gasteiger partial charge is 0.416 e. The van der Waals surface area contributed by atoms with Gasteiger partial charge in [-0.1, -0.05) is 6.07 Å². The van der Waals surface area contributed by atoms with E-state index in [0.717, 1.165) is 24.1 Å². The zero-order chi connectivity index (χ0) is 26.6. The molecule has 3 aromatic heterocycles. The Hall–Kier alpha value is -3.93. The molecule has 0 aliphatic carbocycles. The van der Waals surface area contributed by atoms with Crippen molar-refractivity contribution in [3.63, 3.8) is 0 Å². The van der Waals surface area contributed by atoms with Gasteiger partial charge in [-0.25, -0.2) is 9.97 Å². The lowest BCUT2D eigenvalue weighted by molar-refractivity contribution is -0.137. The van der Waals surface area contributed by atoms with Gasteiger partial charge in [0.15, 0.2) is 5.76 Å². The number of aryl methyl sites for hydroxylation is 1. The number of nitrogens with one attached hydrogen (secondary N) is 2. The van der Waals surface area contributed by atoms with Gasteiger partial charge in [-0.15, -0.1) is 0 Å². The fourth-order valence-electron chi connectivity index (χ4n) is 3.57. The molecule has 0 fully saturated rings. The molecule has 12 heteroatoms. The van der Waals surface area contributed by atoms with Crippen molar-refractivity contribution >= 4 is 22.7 Å². The molecule has 0 saturated carbocycles. The van der Waals surface area contributed by atoms with Crippen LogP contribution in [0.1, 0.15) is 30.2 Å². The molecule has 0 unspecified atom stereocenters. The maximum absolute atomic E-state index is 13.0. The minimum atomic E-state index is -4.46. The zero-order valence-electron chi connectivity index (χ0n) is 20.6. The Labute approximate surface area is 211 Å². The number of halogens is 3. The van der Waals surface area contributed by atoms with Gasteiger partial charge in [0, 0.05) is 42.6 Å². The van der Waals surface area contributed by atoms with Gasteiger partial charge >= 0.3 is 6.18 Å². The van der Waals surface area contributed by atoms with Crippen LogP contribution in [-0.4, -0.2) is 51.7 Å². The minimum absolute atomic E-state index is 0.0411. The van der Waals surface area contributed by atoms with Crippen LogP contribution >= 0.6 is 0 Å². The summed E-state index contributed by atoms with van der Waals surface area (Å²) < 4.78 is 51.5. The number of amides is 1. The largest absolute Gasteiger partial charge is 0.454 e. The van der Waals surface area contributed by atoms with Crippen molar-refractivity contribution in [1.82, 2.24) is 24.8 Å². The first-order chi connectivity index (χ1) is 17.7. The van der Waals surface area contributed by atoms with Gasteiger partial charge in [0.2, 0.25) is 11.9 Å². The van der Waals surface area contributed by atoms with Crippen LogP contribution < -0.4 is 10.6 Å². The maximum atomic E-state index is 13.0. The highest BCUT2D eigenvalue weighted by atomic mass is 19.4. The molecule has 0 bridgehead atoms. The third kappa shape index (κ3) is 6.26. The molecule has 3 heterocycles. The van der Waals surface area contributed by atoms with Gasteiger partial charge in [0.1, 0.15) is 23.4 Å². The second-order valence-electron chi connectivity index (χ2n) is 8.36. The molecule has 2 N–H and O–H groups in total. The molecule has 1 aromatic carbocycles. The Morgan fingerprint density at radius 1 is 1.19 bits per heavy atom. The highest BCUT2D eigenvalue weighted by molar-refractivity contribution is 5.83. The van der Waals surface area contributed by atoms with E-state index in [2.05, 4.69) is 25.6 Å². The van der Waals surface area contributed by atoms with Crippen molar-refractivity contribution in [2.45, 2.75) is 33.4 Å². The first-order valence-electron chi connectivity index (χ1n) is 11.7. The van der Waals surface area contributed by atoms with E-state index in [0.29, 0.717) is 54.1 Å². The second kappa shape index (κ2) is 11.0. The molecular formula is C25H27F3N6O3. The summed E-state index contributed by atoms with van der Waals surface area (Å²) in [6, 6.07) is 4.97. The lowest BCUT2D eigenvalue weighted by Crippen LogP contribution is -2.31. The van der Waals surface area contributed by atoms with E-state index < -0.39 is 11.7 Å². The van der Waals surface area contributed by atoms with E-state index in [1.54, 1.807) is 16.8 Å². The topological polar surface area (TPSA) is 107 Å². The number of nitrogens with zero attached hydrogens (tertiary/aromatic N) is 4. The van der Waals surface area contributed by atoms with Crippen molar-refractivity contribution in [1.29, 1.82) is 0 Å². The Kier molecular flexibility index (Phi) is 7.77. The number of furan rings is 1. The summed E-state index contributed by atoms with van der Waals surface area (Å²) in [6.45, 7) is 7.39. The standard InChI is InChI=1S/C25H27F3N6O3/c1-4-36-9-5-8-29-22(35)12-30-23-15(2)16(3)32-24(33-23)34-13-19(31-14-34)21-10-17-6-7-18(25(26,27)28)11-20(17)37-21/h6-7,10-11,13-14H,4-5,8-9,12H2,1-3H3,(H,29,35)(H,30,32,33). The summed E-state index contributed by atoms with van der Waals surface area (Å²) in [7, 11) is 0. The number of benzene rings is 1. The van der Waals surface area contributed by atoms with Crippen LogP contribution in [-0.2, 0) is 15.7 Å². The van der Waals surface area contributed by atoms with Crippen LogP contribution in [0.15, 0.2) is 41.2 Å². The molecule has 4 aromatic rings. The highest BCUT2D eigenvalue weighted by Gasteiger charge is 2.31. The molecule has 0 aliphatic heterocycles. The molecule has 0 spiro atoms. The molecule has 196 valence electrons. The van der Waals surface area contributed by atoms with Crippen molar-refractivity contribution in [2.75, 3.05) is 31.6 Å². The molecule has 37 heavy (non-hydrogen) atoms. The molecule has 0 radical (unpaired) electrons. The van der Waals surface area contributed by atoms with Crippen LogP contribution in [0, 0.1) is 13.8 Å². The van der Waals surface area contributed by atoms with Gasteiger partial charge < -0.3 is 19.8 Å². The molecular weight excluding hydrogens is 489 g/mol. The molecule has 0 saturated heterocycles. The zero-order valence-corrected chi connectivity index (χ0v) is 20.6. The Morgan fingerprint density at radius 2 is 2.00 bits per heavy atom. The number of carbonyl (C=O) groups is 1. The van der Waals surface area contributed by atoms with Gasteiger partial charge in [-0.05, 0) is 45.4 Å². The SMILES string of the molecule is CCOCCCNC(=O)CNc1nc(-n2cnc(-c3cc4ccc(C(F)(F)F)cc4o3)c2)nc(C)c1C. The summed E-state index contributed by atoms with van der Waals surface area (Å²) in [6.07, 6.45) is -0.615. The van der Waals surface area contributed by atoms with Gasteiger partial charge in [0.25, 0.3) is 0 Å². The van der Waals surface area contributed by atoms with E-state index in [9.17, 15) is 18.0 Å². The number of anilines is 1. The third-order valence-corrected chi connectivity index (χ3v) is 5.70. The van der Waals surface area contributed by atoms with E-state index in [1.807, 2.05) is 20.8 Å². The van der Waals surface area contributed by atoms with Crippen LogP contribution in [0.2, 0.25) is 0 Å². The Bertz CT molecular complexity index is 1400. The molecule has 0 atom stereocenters. The summed E-state index contributed by atoms with van der Waals surface area (Å²) >= 11 is 0. The van der Waals surface area contributed by atoms with E-state index in [-0.39, 0.29) is 18.0 Å². The lowest BCUT2D eigenvalue weighted by atomic mass is 10.1. The van der Waals surface area contributed by atoms with E-state index in [1.165, 1.54) is 12.4 Å². The van der Waals surface area contributed by atoms with E-state index >= 15 is 0 Å². The normalized spacial score (nSPS) is 11.7. The number of imidazole rings is 1. The number of fused-ring (bicyclic) bond motifs is 1. The molecule has 4 rings (SSSR count). The summed E-state index contributed by atoms with van der Waals surface area (Å²) in [5, 5.41) is 6.40. The summed E-state index contributed by atoms with van der Waals surface area (Å²) in [5.41, 5.74) is 1.25. The third-order valence-electron chi connectivity index (χ3n) is 5.70. The monoisotopic (exact) mass is 516 g/mol. The quantitative estimate of drug-likeness (QED) is 0.295. The number of ether oxygens (including phenoxy) is 1. The fourth-order valence-corrected chi connectivity index (χ4v) is 3.57. The van der Waals surface area contributed by atoms with E-state index in [4.69, 9.17) is 9.15 Å². The van der Waals surface area contributed by atoms with Crippen molar-refractivity contribution in [3.8, 4) is 17.4 Å². The summed E-state index contributed by atoms with van der Waals surface area (Å²) in [5.74, 6) is 0.969. The van der Waals surface area contributed by atoms with Gasteiger partial charge in [0.05, 0.1) is 12.1 Å². The van der Waals surface area contributed by atoms with Gasteiger partial charge in [-0.3, -0.25) is 9.36 Å². The predicted octanol–water partition coefficient (Wildman–Crippen LogP) is 4.67. The Morgan fingerprint density at radius 3 is 2.76 bits per heavy atom. The van der Waals surface area contributed by atoms with Crippen LogP contribution in [0.25, 0.3) is 28.4 Å². The van der Waals surface area contributed by atoms with Crippen LogP contribution in [0.3, 0.4) is 0 Å². The maximum Gasteiger partial charge on any atom is 0.416 e. The highest BCUT2D eigenvalue weighted by Crippen LogP contribution is 2.34. The van der Waals surface area contributed by atoms with Crippen molar-refractivity contribution in [3.05, 3.63) is 53.6 Å².